The second-order valence-electron chi connectivity index (χ2n) is 3.08. The summed E-state index contributed by atoms with van der Waals surface area (Å²) in [7, 11) is 1.81. The Bertz CT molecular complexity index is 472. The van der Waals surface area contributed by atoms with Crippen LogP contribution in [0.2, 0.25) is 0 Å². The van der Waals surface area contributed by atoms with Gasteiger partial charge in [-0.05, 0) is 28.9 Å². The van der Waals surface area contributed by atoms with Crippen molar-refractivity contribution in [1.29, 1.82) is 0 Å². The third-order valence-electron chi connectivity index (χ3n) is 2.17. The van der Waals surface area contributed by atoms with E-state index in [-0.39, 0.29) is 0 Å². The molecule has 0 amide bonds. The number of nitrogen functional groups attached to an aromatic ring is 1. The van der Waals surface area contributed by atoms with E-state index in [1.165, 1.54) is 0 Å². The number of furan rings is 1. The third kappa shape index (κ3) is 1.24. The van der Waals surface area contributed by atoms with Crippen molar-refractivity contribution in [2.75, 3.05) is 5.73 Å². The van der Waals surface area contributed by atoms with E-state index in [4.69, 9.17) is 10.2 Å². The summed E-state index contributed by atoms with van der Waals surface area (Å²) in [6.45, 7) is 1.92. The Labute approximate surface area is 89.8 Å². The predicted octanol–water partition coefficient (Wildman–Crippen LogP) is 2.33. The second-order valence-corrected chi connectivity index (χ2v) is 3.93. The molecule has 5 heteroatoms. The molecular weight excluding hydrogens is 246 g/mol. The Balaban J connectivity index is 2.63. The number of nitrogens with zero attached hydrogens (tertiary/aromatic N) is 2. The van der Waals surface area contributed by atoms with Crippen molar-refractivity contribution in [1.82, 2.24) is 9.78 Å². The molecule has 2 aromatic heterocycles. The van der Waals surface area contributed by atoms with Crippen LogP contribution in [-0.2, 0) is 7.05 Å². The zero-order valence-corrected chi connectivity index (χ0v) is 9.50. The van der Waals surface area contributed by atoms with Crippen molar-refractivity contribution in [2.45, 2.75) is 6.92 Å². The fourth-order valence-electron chi connectivity index (χ4n) is 1.32. The van der Waals surface area contributed by atoms with Gasteiger partial charge >= 0.3 is 0 Å². The summed E-state index contributed by atoms with van der Waals surface area (Å²) >= 11 is 3.39. The Hall–Kier alpha value is -1.23. The first-order chi connectivity index (χ1) is 6.61. The van der Waals surface area contributed by atoms with Gasteiger partial charge in [-0.2, -0.15) is 5.10 Å². The summed E-state index contributed by atoms with van der Waals surface area (Å²) < 4.78 is 7.85. The summed E-state index contributed by atoms with van der Waals surface area (Å²) in [6, 6.07) is 1.83. The zero-order valence-electron chi connectivity index (χ0n) is 7.91. The minimum Gasteiger partial charge on any atom is -0.461 e. The maximum absolute atomic E-state index is 5.80. The molecule has 14 heavy (non-hydrogen) atoms. The van der Waals surface area contributed by atoms with Gasteiger partial charge in [0.2, 0.25) is 0 Å². The summed E-state index contributed by atoms with van der Waals surface area (Å²) in [5.41, 5.74) is 7.52. The molecule has 4 nitrogen and oxygen atoms in total. The SMILES string of the molecule is Cc1c(-c2occc2Br)nn(C)c1N. The lowest BCUT2D eigenvalue weighted by Crippen LogP contribution is -1.97. The van der Waals surface area contributed by atoms with Crippen LogP contribution in [0.15, 0.2) is 21.2 Å². The monoisotopic (exact) mass is 255 g/mol. The van der Waals surface area contributed by atoms with E-state index in [1.54, 1.807) is 10.9 Å². The Morgan fingerprint density at radius 2 is 2.29 bits per heavy atom. The molecule has 0 atom stereocenters. The molecule has 0 aliphatic carbocycles. The number of halogens is 1. The van der Waals surface area contributed by atoms with Crippen molar-refractivity contribution >= 4 is 21.7 Å². The minimum absolute atomic E-state index is 0.656. The molecule has 2 heterocycles. The summed E-state index contributed by atoms with van der Waals surface area (Å²) in [4.78, 5) is 0. The van der Waals surface area contributed by atoms with E-state index in [1.807, 2.05) is 20.0 Å². The van der Waals surface area contributed by atoms with E-state index >= 15 is 0 Å². The van der Waals surface area contributed by atoms with E-state index < -0.39 is 0 Å². The van der Waals surface area contributed by atoms with Crippen molar-refractivity contribution in [3.05, 3.63) is 22.4 Å². The quantitative estimate of drug-likeness (QED) is 0.851. The van der Waals surface area contributed by atoms with Gasteiger partial charge in [0, 0.05) is 12.6 Å². The fourth-order valence-corrected chi connectivity index (χ4v) is 1.71. The molecule has 0 aliphatic heterocycles. The topological polar surface area (TPSA) is 57.0 Å². The Morgan fingerprint density at radius 1 is 1.57 bits per heavy atom. The van der Waals surface area contributed by atoms with E-state index in [0.717, 1.165) is 21.5 Å². The summed E-state index contributed by atoms with van der Waals surface area (Å²) in [5, 5.41) is 4.28. The number of nitrogens with two attached hydrogens (primary N) is 1. The third-order valence-corrected chi connectivity index (χ3v) is 2.79. The standard InChI is InChI=1S/C9H10BrN3O/c1-5-7(12-13(2)9(5)11)8-6(10)3-4-14-8/h3-4H,11H2,1-2H3. The highest BCUT2D eigenvalue weighted by Gasteiger charge is 2.16. The minimum atomic E-state index is 0.656. The molecule has 2 aromatic rings. The van der Waals surface area contributed by atoms with Crippen molar-refractivity contribution in [3.8, 4) is 11.5 Å². The highest BCUT2D eigenvalue weighted by Crippen LogP contribution is 2.32. The molecule has 0 aliphatic rings. The molecule has 0 spiro atoms. The Morgan fingerprint density at radius 3 is 2.71 bits per heavy atom. The largest absolute Gasteiger partial charge is 0.461 e. The lowest BCUT2D eigenvalue weighted by Gasteiger charge is -1.93. The highest BCUT2D eigenvalue weighted by molar-refractivity contribution is 9.10. The maximum atomic E-state index is 5.80. The van der Waals surface area contributed by atoms with Crippen LogP contribution >= 0.6 is 15.9 Å². The molecule has 0 radical (unpaired) electrons. The van der Waals surface area contributed by atoms with Crippen molar-refractivity contribution in [2.24, 2.45) is 7.05 Å². The van der Waals surface area contributed by atoms with Crippen LogP contribution in [0.5, 0.6) is 0 Å². The smallest absolute Gasteiger partial charge is 0.168 e. The van der Waals surface area contributed by atoms with Crippen LogP contribution in [-0.4, -0.2) is 9.78 Å². The Kier molecular flexibility index (Phi) is 2.11. The van der Waals surface area contributed by atoms with E-state index in [0.29, 0.717) is 5.82 Å². The highest BCUT2D eigenvalue weighted by atomic mass is 79.9. The number of hydrogen-bond donors (Lipinski definition) is 1. The molecule has 74 valence electrons. The molecular formula is C9H10BrN3O. The molecule has 0 unspecified atom stereocenters. The predicted molar refractivity (Wildman–Crippen MR) is 57.8 cm³/mol. The van der Waals surface area contributed by atoms with Gasteiger partial charge in [0.1, 0.15) is 11.5 Å². The van der Waals surface area contributed by atoms with Gasteiger partial charge in [0.05, 0.1) is 10.7 Å². The average molecular weight is 256 g/mol. The molecule has 0 saturated heterocycles. The van der Waals surface area contributed by atoms with Gasteiger partial charge in [0.15, 0.2) is 5.76 Å². The van der Waals surface area contributed by atoms with Gasteiger partial charge in [-0.1, -0.05) is 0 Å². The molecule has 0 bridgehead atoms. The first-order valence-electron chi connectivity index (χ1n) is 4.13. The van der Waals surface area contributed by atoms with Crippen LogP contribution in [0.1, 0.15) is 5.56 Å². The van der Waals surface area contributed by atoms with Crippen LogP contribution < -0.4 is 5.73 Å². The lowest BCUT2D eigenvalue weighted by molar-refractivity contribution is 0.576. The van der Waals surface area contributed by atoms with Crippen molar-refractivity contribution < 1.29 is 4.42 Å². The molecule has 2 N–H and O–H groups in total. The number of aryl methyl sites for hydroxylation is 1. The van der Waals surface area contributed by atoms with Crippen LogP contribution in [0.25, 0.3) is 11.5 Å². The molecule has 0 aromatic carbocycles. The normalized spacial score (nSPS) is 10.8. The van der Waals surface area contributed by atoms with Gasteiger partial charge < -0.3 is 10.2 Å². The molecule has 2 rings (SSSR count). The summed E-state index contributed by atoms with van der Waals surface area (Å²) in [5.74, 6) is 1.37. The number of rotatable bonds is 1. The van der Waals surface area contributed by atoms with Crippen molar-refractivity contribution in [3.63, 3.8) is 0 Å². The summed E-state index contributed by atoms with van der Waals surface area (Å²) in [6.07, 6.45) is 1.61. The van der Waals surface area contributed by atoms with Gasteiger partial charge in [-0.15, -0.1) is 0 Å². The van der Waals surface area contributed by atoms with E-state index in [9.17, 15) is 0 Å². The lowest BCUT2D eigenvalue weighted by atomic mass is 10.2. The van der Waals surface area contributed by atoms with Crippen LogP contribution in [0, 0.1) is 6.92 Å². The van der Waals surface area contributed by atoms with E-state index in [2.05, 4.69) is 21.0 Å². The van der Waals surface area contributed by atoms with Gasteiger partial charge in [-0.3, -0.25) is 4.68 Å². The molecule has 0 saturated carbocycles. The number of hydrogen-bond acceptors (Lipinski definition) is 3. The van der Waals surface area contributed by atoms with Crippen LogP contribution in [0.4, 0.5) is 5.82 Å². The zero-order chi connectivity index (χ0) is 10.3. The maximum Gasteiger partial charge on any atom is 0.168 e. The number of aromatic nitrogens is 2. The second kappa shape index (κ2) is 3.16. The van der Waals surface area contributed by atoms with Gasteiger partial charge in [0.25, 0.3) is 0 Å². The van der Waals surface area contributed by atoms with Gasteiger partial charge in [-0.25, -0.2) is 0 Å². The molecule has 0 fully saturated rings. The average Bonchev–Trinajstić information content (AvgIpc) is 2.66. The number of anilines is 1. The first-order valence-corrected chi connectivity index (χ1v) is 4.93. The first kappa shape index (κ1) is 9.33. The fraction of sp³-hybridized carbons (Fsp3) is 0.222. The van der Waals surface area contributed by atoms with Crippen LogP contribution in [0.3, 0.4) is 0 Å².